The van der Waals surface area contributed by atoms with E-state index in [1.165, 1.54) is 0 Å². The van der Waals surface area contributed by atoms with Gasteiger partial charge in [-0.05, 0) is 40.5 Å². The lowest BCUT2D eigenvalue weighted by Crippen LogP contribution is -2.59. The monoisotopic (exact) mass is 252 g/mol. The summed E-state index contributed by atoms with van der Waals surface area (Å²) >= 11 is 0. The van der Waals surface area contributed by atoms with E-state index in [2.05, 4.69) is 11.4 Å². The molecule has 2 aliphatic heterocycles. The number of hydrogen-bond donors (Lipinski definition) is 1. The number of allylic oxidation sites excluding steroid dienone is 1. The summed E-state index contributed by atoms with van der Waals surface area (Å²) in [6, 6.07) is 0.808. The first-order chi connectivity index (χ1) is 8.42. The van der Waals surface area contributed by atoms with E-state index in [4.69, 9.17) is 4.74 Å². The van der Waals surface area contributed by atoms with E-state index in [0.29, 0.717) is 6.04 Å². The van der Waals surface area contributed by atoms with E-state index in [-0.39, 0.29) is 18.2 Å². The highest BCUT2D eigenvalue weighted by atomic mass is 16.6. The van der Waals surface area contributed by atoms with Gasteiger partial charge < -0.3 is 10.1 Å². The number of hydrogen-bond acceptors (Lipinski definition) is 3. The maximum Gasteiger partial charge on any atom is 0.410 e. The van der Waals surface area contributed by atoms with Crippen molar-refractivity contribution in [1.29, 1.82) is 0 Å². The van der Waals surface area contributed by atoms with Gasteiger partial charge >= 0.3 is 6.09 Å². The van der Waals surface area contributed by atoms with Gasteiger partial charge in [-0.3, -0.25) is 4.90 Å². The Balaban J connectivity index is 2.10. The Kier molecular flexibility index (Phi) is 3.66. The predicted octanol–water partition coefficient (Wildman–Crippen LogP) is 2.30. The molecule has 4 heteroatoms. The van der Waals surface area contributed by atoms with Crippen LogP contribution in [0.15, 0.2) is 12.2 Å². The van der Waals surface area contributed by atoms with Gasteiger partial charge in [0.15, 0.2) is 0 Å². The summed E-state index contributed by atoms with van der Waals surface area (Å²) in [6.45, 7) is 8.63. The van der Waals surface area contributed by atoms with E-state index in [1.54, 1.807) is 0 Å². The molecule has 4 nitrogen and oxygen atoms in total. The molecule has 0 aromatic rings. The van der Waals surface area contributed by atoms with E-state index in [0.717, 1.165) is 19.4 Å². The molecule has 2 bridgehead atoms. The van der Waals surface area contributed by atoms with E-state index >= 15 is 0 Å². The van der Waals surface area contributed by atoms with Gasteiger partial charge in [-0.1, -0.05) is 12.2 Å². The number of fused-ring (bicyclic) bond motifs is 2. The minimum atomic E-state index is -0.419. The second kappa shape index (κ2) is 4.92. The zero-order valence-electron chi connectivity index (χ0n) is 11.8. The van der Waals surface area contributed by atoms with Crippen molar-refractivity contribution in [3.8, 4) is 0 Å². The standard InChI is InChI=1S/C14H24N2O2/c1-5-6-11-12-8-7-10(9-15-11)16(12)13(17)18-14(2,3)4/h5-6,10-12,15H,7-9H2,1-4H3/b6-5-. The lowest BCUT2D eigenvalue weighted by molar-refractivity contribution is 0.00677. The molecular formula is C14H24N2O2. The Hall–Kier alpha value is -1.03. The Morgan fingerprint density at radius 1 is 1.39 bits per heavy atom. The summed E-state index contributed by atoms with van der Waals surface area (Å²) in [4.78, 5) is 14.2. The third-order valence-corrected chi connectivity index (χ3v) is 3.55. The van der Waals surface area contributed by atoms with Gasteiger partial charge in [0.1, 0.15) is 5.60 Å². The topological polar surface area (TPSA) is 41.6 Å². The van der Waals surface area contributed by atoms with Gasteiger partial charge in [-0.25, -0.2) is 4.79 Å². The first kappa shape index (κ1) is 13.4. The van der Waals surface area contributed by atoms with Gasteiger partial charge in [0.2, 0.25) is 0 Å². The molecule has 3 atom stereocenters. The molecule has 2 saturated heterocycles. The van der Waals surface area contributed by atoms with Gasteiger partial charge in [0, 0.05) is 18.6 Å². The average Bonchev–Trinajstić information content (AvgIpc) is 2.56. The lowest BCUT2D eigenvalue weighted by atomic mass is 10.1. The molecule has 0 aliphatic carbocycles. The van der Waals surface area contributed by atoms with Crippen LogP contribution in [-0.2, 0) is 4.74 Å². The second-order valence-corrected chi connectivity index (χ2v) is 6.15. The number of carbonyl (C=O) groups excluding carboxylic acids is 1. The molecule has 1 amide bonds. The molecular weight excluding hydrogens is 228 g/mol. The number of piperazine rings is 1. The van der Waals surface area contributed by atoms with E-state index in [1.807, 2.05) is 38.7 Å². The highest BCUT2D eigenvalue weighted by molar-refractivity contribution is 5.70. The van der Waals surface area contributed by atoms with Gasteiger partial charge in [0.05, 0.1) is 6.04 Å². The fourth-order valence-electron chi connectivity index (χ4n) is 2.88. The number of amides is 1. The maximum absolute atomic E-state index is 12.3. The first-order valence-corrected chi connectivity index (χ1v) is 6.80. The number of nitrogens with zero attached hydrogens (tertiary/aromatic N) is 1. The van der Waals surface area contributed by atoms with Crippen LogP contribution < -0.4 is 5.32 Å². The number of ether oxygens (including phenoxy) is 1. The van der Waals surface area contributed by atoms with Crippen LogP contribution in [0.3, 0.4) is 0 Å². The SMILES string of the molecule is C/C=C\C1NCC2CCC1N2C(=O)OC(C)(C)C. The van der Waals surface area contributed by atoms with Crippen LogP contribution in [0.25, 0.3) is 0 Å². The fraction of sp³-hybridized carbons (Fsp3) is 0.786. The minimum Gasteiger partial charge on any atom is -0.444 e. The van der Waals surface area contributed by atoms with Crippen molar-refractivity contribution in [3.05, 3.63) is 12.2 Å². The molecule has 18 heavy (non-hydrogen) atoms. The van der Waals surface area contributed by atoms with Crippen LogP contribution in [0.4, 0.5) is 4.79 Å². The van der Waals surface area contributed by atoms with Crippen LogP contribution in [0.5, 0.6) is 0 Å². The van der Waals surface area contributed by atoms with Gasteiger partial charge in [0.25, 0.3) is 0 Å². The van der Waals surface area contributed by atoms with Crippen molar-refractivity contribution in [3.63, 3.8) is 0 Å². The summed E-state index contributed by atoms with van der Waals surface area (Å²) in [6.07, 6.45) is 6.16. The van der Waals surface area contributed by atoms with Crippen molar-refractivity contribution < 1.29 is 9.53 Å². The van der Waals surface area contributed by atoms with Crippen LogP contribution >= 0.6 is 0 Å². The lowest BCUT2D eigenvalue weighted by Gasteiger charge is -2.40. The fourth-order valence-corrected chi connectivity index (χ4v) is 2.88. The van der Waals surface area contributed by atoms with Gasteiger partial charge in [-0.2, -0.15) is 0 Å². The van der Waals surface area contributed by atoms with E-state index in [9.17, 15) is 4.79 Å². The Labute approximate surface area is 109 Å². The summed E-state index contributed by atoms with van der Waals surface area (Å²) in [7, 11) is 0. The van der Waals surface area contributed by atoms with Gasteiger partial charge in [-0.15, -0.1) is 0 Å². The quantitative estimate of drug-likeness (QED) is 0.728. The third kappa shape index (κ3) is 2.69. The highest BCUT2D eigenvalue weighted by Gasteiger charge is 2.45. The molecule has 3 unspecified atom stereocenters. The molecule has 102 valence electrons. The second-order valence-electron chi connectivity index (χ2n) is 6.15. The van der Waals surface area contributed by atoms with Crippen molar-refractivity contribution in [2.24, 2.45) is 0 Å². The zero-order chi connectivity index (χ0) is 13.3. The summed E-state index contributed by atoms with van der Waals surface area (Å²) in [5.41, 5.74) is -0.419. The average molecular weight is 252 g/mol. The Morgan fingerprint density at radius 2 is 2.11 bits per heavy atom. The normalized spacial score (nSPS) is 32.0. The van der Waals surface area contributed by atoms with Crippen LogP contribution in [0, 0.1) is 0 Å². The smallest absolute Gasteiger partial charge is 0.410 e. The summed E-state index contributed by atoms with van der Waals surface area (Å²) < 4.78 is 5.52. The van der Waals surface area contributed by atoms with Crippen molar-refractivity contribution in [1.82, 2.24) is 10.2 Å². The molecule has 2 fully saturated rings. The minimum absolute atomic E-state index is 0.161. The zero-order valence-corrected chi connectivity index (χ0v) is 11.8. The predicted molar refractivity (Wildman–Crippen MR) is 71.5 cm³/mol. The molecule has 2 aliphatic rings. The molecule has 0 radical (unpaired) electrons. The molecule has 0 aromatic carbocycles. The Morgan fingerprint density at radius 3 is 2.72 bits per heavy atom. The van der Waals surface area contributed by atoms with Crippen LogP contribution in [0.1, 0.15) is 40.5 Å². The molecule has 0 saturated carbocycles. The highest BCUT2D eigenvalue weighted by Crippen LogP contribution is 2.31. The van der Waals surface area contributed by atoms with Crippen molar-refractivity contribution in [2.45, 2.75) is 64.3 Å². The summed E-state index contributed by atoms with van der Waals surface area (Å²) in [5.74, 6) is 0. The van der Waals surface area contributed by atoms with Crippen LogP contribution in [-0.4, -0.2) is 41.3 Å². The molecule has 2 rings (SSSR count). The molecule has 1 N–H and O–H groups in total. The Bertz CT molecular complexity index is 346. The number of rotatable bonds is 1. The van der Waals surface area contributed by atoms with Crippen molar-refractivity contribution >= 4 is 6.09 Å². The largest absolute Gasteiger partial charge is 0.444 e. The third-order valence-electron chi connectivity index (χ3n) is 3.55. The first-order valence-electron chi connectivity index (χ1n) is 6.80. The van der Waals surface area contributed by atoms with Crippen molar-refractivity contribution in [2.75, 3.05) is 6.54 Å². The molecule has 2 heterocycles. The number of nitrogens with one attached hydrogen (secondary N) is 1. The molecule has 0 spiro atoms. The van der Waals surface area contributed by atoms with Crippen LogP contribution in [0.2, 0.25) is 0 Å². The maximum atomic E-state index is 12.3. The van der Waals surface area contributed by atoms with E-state index < -0.39 is 5.60 Å². The molecule has 0 aromatic heterocycles. The summed E-state index contributed by atoms with van der Waals surface area (Å²) in [5, 5.41) is 3.49. The number of carbonyl (C=O) groups is 1.